The van der Waals surface area contributed by atoms with Crippen molar-refractivity contribution in [3.63, 3.8) is 0 Å². The molecular weight excluding hydrogens is 282 g/mol. The van der Waals surface area contributed by atoms with Crippen LogP contribution in [-0.2, 0) is 0 Å². The van der Waals surface area contributed by atoms with Gasteiger partial charge in [-0.05, 0) is 26.0 Å². The van der Waals surface area contributed by atoms with Crippen molar-refractivity contribution in [2.45, 2.75) is 31.6 Å². The Balaban J connectivity index is 2.23. The zero-order chi connectivity index (χ0) is 15.9. The number of aliphatic hydroxyl groups is 1. The smallest absolute Gasteiger partial charge is 0.251 e. The number of fused-ring (bicyclic) bond motifs is 1. The van der Waals surface area contributed by atoms with Gasteiger partial charge < -0.3 is 14.4 Å². The summed E-state index contributed by atoms with van der Waals surface area (Å²) in [7, 11) is 0. The van der Waals surface area contributed by atoms with Crippen molar-refractivity contribution in [2.75, 3.05) is 0 Å². The van der Waals surface area contributed by atoms with Crippen LogP contribution in [0.1, 0.15) is 35.8 Å². The maximum absolute atomic E-state index is 12.2. The van der Waals surface area contributed by atoms with Crippen LogP contribution in [0.2, 0.25) is 0 Å². The van der Waals surface area contributed by atoms with Crippen LogP contribution >= 0.6 is 0 Å². The first-order valence-electron chi connectivity index (χ1n) is 7.07. The monoisotopic (exact) mass is 299 g/mol. The lowest BCUT2D eigenvalue weighted by Crippen LogP contribution is -2.52. The number of pyridine rings is 1. The standard InChI is InChI=1S/C17H17NO4/c1-17(2)16(21)15(18-8-4-3-5-14(18)20)12-7-6-11(10-19)9-13(12)22-17/h3-10,15-16,21H,1-2H3. The highest BCUT2D eigenvalue weighted by Crippen LogP contribution is 2.41. The summed E-state index contributed by atoms with van der Waals surface area (Å²) in [5, 5.41) is 10.7. The summed E-state index contributed by atoms with van der Waals surface area (Å²) in [6, 6.07) is 9.31. The van der Waals surface area contributed by atoms with E-state index < -0.39 is 17.7 Å². The molecule has 22 heavy (non-hydrogen) atoms. The van der Waals surface area contributed by atoms with Crippen LogP contribution in [0.15, 0.2) is 47.4 Å². The van der Waals surface area contributed by atoms with Crippen molar-refractivity contribution in [1.29, 1.82) is 0 Å². The van der Waals surface area contributed by atoms with Gasteiger partial charge in [-0.25, -0.2) is 0 Å². The molecular formula is C17H17NO4. The Bertz CT molecular complexity index is 778. The minimum Gasteiger partial charge on any atom is -0.485 e. The van der Waals surface area contributed by atoms with Crippen LogP contribution in [0.4, 0.5) is 0 Å². The number of rotatable bonds is 2. The highest BCUT2D eigenvalue weighted by Gasteiger charge is 2.44. The Kier molecular flexibility index (Phi) is 3.37. The summed E-state index contributed by atoms with van der Waals surface area (Å²) >= 11 is 0. The zero-order valence-electron chi connectivity index (χ0n) is 12.4. The van der Waals surface area contributed by atoms with E-state index in [4.69, 9.17) is 4.74 Å². The maximum atomic E-state index is 12.2. The van der Waals surface area contributed by atoms with Gasteiger partial charge in [-0.15, -0.1) is 0 Å². The van der Waals surface area contributed by atoms with E-state index in [2.05, 4.69) is 0 Å². The summed E-state index contributed by atoms with van der Waals surface area (Å²) < 4.78 is 7.34. The van der Waals surface area contributed by atoms with E-state index in [1.54, 1.807) is 50.4 Å². The lowest BCUT2D eigenvalue weighted by Gasteiger charge is -2.42. The fourth-order valence-electron chi connectivity index (χ4n) is 2.82. The van der Waals surface area contributed by atoms with Crippen molar-refractivity contribution in [1.82, 2.24) is 4.57 Å². The molecule has 0 spiro atoms. The molecule has 3 rings (SSSR count). The molecule has 1 aliphatic rings. The molecule has 5 heteroatoms. The molecule has 1 aliphatic heterocycles. The predicted molar refractivity (Wildman–Crippen MR) is 81.4 cm³/mol. The molecule has 0 aliphatic carbocycles. The number of benzene rings is 1. The van der Waals surface area contributed by atoms with Gasteiger partial charge in [0.05, 0.1) is 6.04 Å². The number of carbonyl (C=O) groups excluding carboxylic acids is 1. The number of aromatic nitrogens is 1. The first kappa shape index (κ1) is 14.5. The Morgan fingerprint density at radius 3 is 2.73 bits per heavy atom. The third-order valence-electron chi connectivity index (χ3n) is 4.03. The molecule has 2 atom stereocenters. The van der Waals surface area contributed by atoms with Gasteiger partial charge in [0.15, 0.2) is 0 Å². The van der Waals surface area contributed by atoms with Gasteiger partial charge >= 0.3 is 0 Å². The van der Waals surface area contributed by atoms with Crippen molar-refractivity contribution in [2.24, 2.45) is 0 Å². The molecule has 0 saturated heterocycles. The summed E-state index contributed by atoms with van der Waals surface area (Å²) in [5.74, 6) is 0.514. The van der Waals surface area contributed by atoms with Gasteiger partial charge in [0.25, 0.3) is 5.56 Å². The van der Waals surface area contributed by atoms with Crippen LogP contribution < -0.4 is 10.3 Å². The Labute approximate surface area is 127 Å². The third-order valence-corrected chi connectivity index (χ3v) is 4.03. The average molecular weight is 299 g/mol. The fourth-order valence-corrected chi connectivity index (χ4v) is 2.82. The van der Waals surface area contributed by atoms with Gasteiger partial charge in [0.1, 0.15) is 23.7 Å². The molecule has 1 N–H and O–H groups in total. The topological polar surface area (TPSA) is 68.5 Å². The number of hydrogen-bond acceptors (Lipinski definition) is 4. The van der Waals surface area contributed by atoms with E-state index in [1.165, 1.54) is 10.6 Å². The minimum atomic E-state index is -0.901. The van der Waals surface area contributed by atoms with Gasteiger partial charge in [-0.2, -0.15) is 0 Å². The molecule has 2 unspecified atom stereocenters. The van der Waals surface area contributed by atoms with Crippen LogP contribution in [-0.4, -0.2) is 27.7 Å². The van der Waals surface area contributed by atoms with Crippen molar-refractivity contribution in [3.8, 4) is 5.75 Å². The van der Waals surface area contributed by atoms with Crippen LogP contribution in [0.25, 0.3) is 0 Å². The van der Waals surface area contributed by atoms with E-state index in [-0.39, 0.29) is 5.56 Å². The van der Waals surface area contributed by atoms with Crippen LogP contribution in [0.5, 0.6) is 5.75 Å². The van der Waals surface area contributed by atoms with E-state index >= 15 is 0 Å². The van der Waals surface area contributed by atoms with Crippen molar-refractivity contribution < 1.29 is 14.6 Å². The highest BCUT2D eigenvalue weighted by atomic mass is 16.5. The normalized spacial score (nSPS) is 22.5. The summed E-state index contributed by atoms with van der Waals surface area (Å²) in [5.41, 5.74) is 0.0968. The second kappa shape index (κ2) is 5.10. The number of hydrogen-bond donors (Lipinski definition) is 1. The molecule has 2 heterocycles. The fraction of sp³-hybridized carbons (Fsp3) is 0.294. The Morgan fingerprint density at radius 2 is 2.05 bits per heavy atom. The van der Waals surface area contributed by atoms with Crippen molar-refractivity contribution >= 4 is 6.29 Å². The molecule has 114 valence electrons. The van der Waals surface area contributed by atoms with Crippen LogP contribution in [0.3, 0.4) is 0 Å². The highest BCUT2D eigenvalue weighted by molar-refractivity contribution is 5.76. The Hall–Kier alpha value is -2.40. The van der Waals surface area contributed by atoms with E-state index in [9.17, 15) is 14.7 Å². The lowest BCUT2D eigenvalue weighted by molar-refractivity contribution is -0.0643. The summed E-state index contributed by atoms with van der Waals surface area (Å²) in [6.45, 7) is 3.52. The number of aliphatic hydroxyl groups excluding tert-OH is 1. The molecule has 0 saturated carbocycles. The van der Waals surface area contributed by atoms with Gasteiger partial charge in [-0.3, -0.25) is 9.59 Å². The molecule has 5 nitrogen and oxygen atoms in total. The molecule has 0 fully saturated rings. The second-order valence-electron chi connectivity index (χ2n) is 5.96. The van der Waals surface area contributed by atoms with E-state index in [0.29, 0.717) is 16.9 Å². The number of ether oxygens (including phenoxy) is 1. The first-order chi connectivity index (χ1) is 10.4. The first-order valence-corrected chi connectivity index (χ1v) is 7.07. The molecule has 1 aromatic heterocycles. The molecule has 0 amide bonds. The number of nitrogens with zero attached hydrogens (tertiary/aromatic N) is 1. The Morgan fingerprint density at radius 1 is 1.27 bits per heavy atom. The predicted octanol–water partition coefficient (Wildman–Crippen LogP) is 1.78. The maximum Gasteiger partial charge on any atom is 0.251 e. The van der Waals surface area contributed by atoms with E-state index in [0.717, 1.165) is 6.29 Å². The molecule has 1 aromatic carbocycles. The summed E-state index contributed by atoms with van der Waals surface area (Å²) in [4.78, 5) is 23.1. The summed E-state index contributed by atoms with van der Waals surface area (Å²) in [6.07, 6.45) is 1.49. The van der Waals surface area contributed by atoms with E-state index in [1.807, 2.05) is 0 Å². The second-order valence-corrected chi connectivity index (χ2v) is 5.96. The SMILES string of the molecule is CC1(C)Oc2cc(C=O)ccc2C(n2ccccc2=O)C1O. The zero-order valence-corrected chi connectivity index (χ0v) is 12.4. The molecule has 0 radical (unpaired) electrons. The van der Waals surface area contributed by atoms with Crippen molar-refractivity contribution in [3.05, 3.63) is 64.1 Å². The molecule has 0 bridgehead atoms. The van der Waals surface area contributed by atoms with Crippen LogP contribution in [0, 0.1) is 0 Å². The molecule has 2 aromatic rings. The van der Waals surface area contributed by atoms with Gasteiger partial charge in [0.2, 0.25) is 0 Å². The number of carbonyl (C=O) groups is 1. The minimum absolute atomic E-state index is 0.199. The average Bonchev–Trinajstić information content (AvgIpc) is 2.49. The third kappa shape index (κ3) is 2.23. The number of aldehydes is 1. The lowest BCUT2D eigenvalue weighted by atomic mass is 9.86. The largest absolute Gasteiger partial charge is 0.485 e. The quantitative estimate of drug-likeness (QED) is 0.858. The van der Waals surface area contributed by atoms with Gasteiger partial charge in [-0.1, -0.05) is 18.2 Å². The van der Waals surface area contributed by atoms with Gasteiger partial charge in [0, 0.05) is 23.4 Å².